The molecule has 15 heavy (non-hydrogen) atoms. The van der Waals surface area contributed by atoms with Gasteiger partial charge >= 0.3 is 5.97 Å². The number of rotatable bonds is 2. The number of cyclic esters (lactones) is 1. The minimum Gasteiger partial charge on any atom is -0.429 e. The molecule has 2 nitrogen and oxygen atoms in total. The molecule has 0 N–H and O–H groups in total. The molecule has 0 aliphatic carbocycles. The Kier molecular flexibility index (Phi) is 2.58. The molecule has 78 valence electrons. The quantitative estimate of drug-likeness (QED) is 0.689. The van der Waals surface area contributed by atoms with Crippen LogP contribution in [-0.2, 0) is 9.53 Å². The van der Waals surface area contributed by atoms with Gasteiger partial charge in [0, 0.05) is 0 Å². The minimum absolute atomic E-state index is 0.0693. The van der Waals surface area contributed by atoms with Crippen molar-refractivity contribution >= 4 is 11.5 Å². The van der Waals surface area contributed by atoms with E-state index < -0.39 is 0 Å². The van der Waals surface area contributed by atoms with E-state index in [1.807, 2.05) is 37.3 Å². The molecule has 0 aromatic heterocycles. The van der Waals surface area contributed by atoms with E-state index in [2.05, 4.69) is 6.92 Å². The van der Waals surface area contributed by atoms with E-state index in [4.69, 9.17) is 4.74 Å². The zero-order valence-electron chi connectivity index (χ0n) is 8.99. The fourth-order valence-corrected chi connectivity index (χ4v) is 1.82. The predicted molar refractivity (Wildman–Crippen MR) is 58.9 cm³/mol. The lowest BCUT2D eigenvalue weighted by Crippen LogP contribution is -2.30. The topological polar surface area (TPSA) is 26.3 Å². The lowest BCUT2D eigenvalue weighted by molar-refractivity contribution is -0.155. The summed E-state index contributed by atoms with van der Waals surface area (Å²) in [5.74, 6) is 0.653. The molecule has 0 saturated carbocycles. The van der Waals surface area contributed by atoms with E-state index in [0.29, 0.717) is 0 Å². The molecule has 1 atom stereocenters. The summed E-state index contributed by atoms with van der Waals surface area (Å²) < 4.78 is 5.10. The van der Waals surface area contributed by atoms with Gasteiger partial charge in [-0.2, -0.15) is 0 Å². The third-order valence-electron chi connectivity index (χ3n) is 2.73. The molecule has 1 heterocycles. The minimum atomic E-state index is -0.119. The molecule has 2 heteroatoms. The molecule has 0 radical (unpaired) electrons. The maximum absolute atomic E-state index is 11.0. The number of benzene rings is 1. The van der Waals surface area contributed by atoms with Crippen molar-refractivity contribution in [3.05, 3.63) is 41.7 Å². The maximum Gasteiger partial charge on any atom is 0.321 e. The molecule has 1 aromatic rings. The van der Waals surface area contributed by atoms with Crippen molar-refractivity contribution in [3.8, 4) is 0 Å². The number of carbonyl (C=O) groups excluding carboxylic acids is 1. The summed E-state index contributed by atoms with van der Waals surface area (Å²) in [5, 5.41) is 0. The third-order valence-corrected chi connectivity index (χ3v) is 2.73. The Morgan fingerprint density at radius 3 is 2.47 bits per heavy atom. The van der Waals surface area contributed by atoms with Crippen LogP contribution in [0.15, 0.2) is 36.1 Å². The molecule has 1 saturated heterocycles. The van der Waals surface area contributed by atoms with Crippen LogP contribution >= 0.6 is 0 Å². The second kappa shape index (κ2) is 3.89. The molecule has 2 rings (SSSR count). The summed E-state index contributed by atoms with van der Waals surface area (Å²) in [6.07, 6.45) is 0.886. The van der Waals surface area contributed by atoms with Crippen LogP contribution in [0.5, 0.6) is 0 Å². The van der Waals surface area contributed by atoms with E-state index in [0.717, 1.165) is 23.3 Å². The predicted octanol–water partition coefficient (Wildman–Crippen LogP) is 3.00. The van der Waals surface area contributed by atoms with Crippen LogP contribution in [-0.4, -0.2) is 5.97 Å². The fraction of sp³-hybridized carbons (Fsp3) is 0.308. The summed E-state index contributed by atoms with van der Waals surface area (Å²) in [7, 11) is 0. The summed E-state index contributed by atoms with van der Waals surface area (Å²) >= 11 is 0. The number of ether oxygens (including phenoxy) is 1. The van der Waals surface area contributed by atoms with E-state index in [9.17, 15) is 4.79 Å². The lowest BCUT2D eigenvalue weighted by atomic mass is 9.93. The maximum atomic E-state index is 11.0. The fourth-order valence-electron chi connectivity index (χ4n) is 1.82. The average Bonchev–Trinajstić information content (AvgIpc) is 2.30. The molecular weight excluding hydrogens is 188 g/mol. The summed E-state index contributed by atoms with van der Waals surface area (Å²) in [6, 6.07) is 10.1. The highest BCUT2D eigenvalue weighted by atomic mass is 16.6. The van der Waals surface area contributed by atoms with Gasteiger partial charge in [-0.05, 0) is 24.5 Å². The van der Waals surface area contributed by atoms with Crippen LogP contribution in [0, 0.1) is 5.92 Å². The highest BCUT2D eigenvalue weighted by Gasteiger charge is 2.35. The van der Waals surface area contributed by atoms with Crippen molar-refractivity contribution in [3.63, 3.8) is 0 Å². The van der Waals surface area contributed by atoms with Gasteiger partial charge in [-0.15, -0.1) is 0 Å². The first-order chi connectivity index (χ1) is 7.24. The Morgan fingerprint density at radius 1 is 1.33 bits per heavy atom. The number of allylic oxidation sites excluding steroid dienone is 1. The Labute approximate surface area is 89.6 Å². The van der Waals surface area contributed by atoms with Gasteiger partial charge in [-0.1, -0.05) is 37.3 Å². The van der Waals surface area contributed by atoms with Gasteiger partial charge in [-0.25, -0.2) is 0 Å². The number of esters is 1. The number of carbonyl (C=O) groups is 1. The smallest absolute Gasteiger partial charge is 0.321 e. The first-order valence-electron chi connectivity index (χ1n) is 5.24. The molecule has 0 amide bonds. The second-order valence-electron chi connectivity index (χ2n) is 3.71. The molecule has 0 spiro atoms. The van der Waals surface area contributed by atoms with E-state index in [-0.39, 0.29) is 11.9 Å². The van der Waals surface area contributed by atoms with Crippen LogP contribution < -0.4 is 0 Å². The van der Waals surface area contributed by atoms with Crippen molar-refractivity contribution in [2.24, 2.45) is 5.92 Å². The van der Waals surface area contributed by atoms with Crippen molar-refractivity contribution in [1.29, 1.82) is 0 Å². The van der Waals surface area contributed by atoms with Gasteiger partial charge in [0.25, 0.3) is 0 Å². The summed E-state index contributed by atoms with van der Waals surface area (Å²) in [4.78, 5) is 11.0. The summed E-state index contributed by atoms with van der Waals surface area (Å²) in [5.41, 5.74) is 2.29. The van der Waals surface area contributed by atoms with Gasteiger partial charge in [0.05, 0.1) is 0 Å². The van der Waals surface area contributed by atoms with Crippen LogP contribution in [0.3, 0.4) is 0 Å². The van der Waals surface area contributed by atoms with Crippen LogP contribution in [0.4, 0.5) is 0 Å². The largest absolute Gasteiger partial charge is 0.429 e. The Bertz CT molecular complexity index is 404. The average molecular weight is 202 g/mol. The Morgan fingerprint density at radius 2 is 2.00 bits per heavy atom. The first-order valence-corrected chi connectivity index (χ1v) is 5.24. The van der Waals surface area contributed by atoms with E-state index in [1.54, 1.807) is 0 Å². The number of hydrogen-bond acceptors (Lipinski definition) is 2. The van der Waals surface area contributed by atoms with Crippen LogP contribution in [0.1, 0.15) is 25.8 Å². The van der Waals surface area contributed by atoms with Crippen molar-refractivity contribution in [2.45, 2.75) is 20.3 Å². The third kappa shape index (κ3) is 1.67. The zero-order chi connectivity index (χ0) is 10.8. The first kappa shape index (κ1) is 9.97. The lowest BCUT2D eigenvalue weighted by Gasteiger charge is -2.27. The van der Waals surface area contributed by atoms with Gasteiger partial charge in [0.15, 0.2) is 0 Å². The molecule has 1 aliphatic rings. The second-order valence-corrected chi connectivity index (χ2v) is 3.71. The molecule has 1 fully saturated rings. The van der Waals surface area contributed by atoms with Gasteiger partial charge in [0.2, 0.25) is 0 Å². The van der Waals surface area contributed by atoms with Gasteiger partial charge in [0.1, 0.15) is 11.7 Å². The molecular formula is C13H14O2. The van der Waals surface area contributed by atoms with Crippen molar-refractivity contribution < 1.29 is 9.53 Å². The standard InChI is InChI=1S/C13H14O2/c1-3-11(10-7-5-4-6-8-10)12-9(2)13(14)15-12/h4-9H,3H2,1-2H3/b12-11+/t9-/m1/s1. The SMILES string of the molecule is CC/C(=C1\OC(=O)[C@@H]1C)c1ccccc1. The van der Waals surface area contributed by atoms with E-state index in [1.165, 1.54) is 0 Å². The molecule has 0 bridgehead atoms. The highest BCUT2D eigenvalue weighted by Crippen LogP contribution is 2.34. The van der Waals surface area contributed by atoms with Crippen molar-refractivity contribution in [1.82, 2.24) is 0 Å². The van der Waals surface area contributed by atoms with E-state index >= 15 is 0 Å². The van der Waals surface area contributed by atoms with Gasteiger partial charge in [-0.3, -0.25) is 4.79 Å². The number of hydrogen-bond donors (Lipinski definition) is 0. The molecule has 1 aliphatic heterocycles. The van der Waals surface area contributed by atoms with Crippen LogP contribution in [0.2, 0.25) is 0 Å². The zero-order valence-corrected chi connectivity index (χ0v) is 8.99. The normalized spacial score (nSPS) is 23.1. The monoisotopic (exact) mass is 202 g/mol. The Balaban J connectivity index is 2.37. The Hall–Kier alpha value is -1.57. The van der Waals surface area contributed by atoms with Gasteiger partial charge < -0.3 is 4.74 Å². The highest BCUT2D eigenvalue weighted by molar-refractivity contribution is 5.88. The summed E-state index contributed by atoms with van der Waals surface area (Å²) in [6.45, 7) is 3.97. The molecule has 0 unspecified atom stereocenters. The molecule has 1 aromatic carbocycles. The van der Waals surface area contributed by atoms with Crippen LogP contribution in [0.25, 0.3) is 5.57 Å². The van der Waals surface area contributed by atoms with Crippen molar-refractivity contribution in [2.75, 3.05) is 0 Å².